The number of hydrogen-bond donors (Lipinski definition) is 1. The minimum Gasteiger partial charge on any atom is -0.478 e. The third-order valence-electron chi connectivity index (χ3n) is 5.19. The summed E-state index contributed by atoms with van der Waals surface area (Å²) in [5.41, 5.74) is 5.76. The lowest BCUT2D eigenvalue weighted by Gasteiger charge is -2.31. The van der Waals surface area contributed by atoms with Crippen molar-refractivity contribution >= 4 is 22.9 Å². The molecule has 0 saturated carbocycles. The lowest BCUT2D eigenvalue weighted by Crippen LogP contribution is -2.21. The van der Waals surface area contributed by atoms with E-state index in [9.17, 15) is 4.79 Å². The van der Waals surface area contributed by atoms with Gasteiger partial charge in [-0.15, -0.1) is 11.3 Å². The SMILES string of the molecule is Cc1cnc(C2=CCC(C)(C)c3ccc(C#Cc4ccc(C(=O)O)cc4)cc32)s1. The predicted octanol–water partition coefficient (Wildman–Crippen LogP) is 5.66. The van der Waals surface area contributed by atoms with Crippen LogP contribution in [0, 0.1) is 18.8 Å². The van der Waals surface area contributed by atoms with Crippen molar-refractivity contribution in [2.75, 3.05) is 0 Å². The van der Waals surface area contributed by atoms with Gasteiger partial charge in [-0.2, -0.15) is 0 Å². The molecule has 3 aromatic rings. The Kier molecular flexibility index (Phi) is 4.86. The maximum Gasteiger partial charge on any atom is 0.335 e. The molecule has 1 N–H and O–H groups in total. The molecule has 1 heterocycles. The van der Waals surface area contributed by atoms with E-state index in [2.05, 4.69) is 61.9 Å². The monoisotopic (exact) mass is 399 g/mol. The summed E-state index contributed by atoms with van der Waals surface area (Å²) in [5.74, 6) is 5.43. The number of carbonyl (C=O) groups is 1. The number of fused-ring (bicyclic) bond motifs is 1. The third kappa shape index (κ3) is 3.87. The number of nitrogens with zero attached hydrogens (tertiary/aromatic N) is 1. The largest absolute Gasteiger partial charge is 0.478 e. The van der Waals surface area contributed by atoms with Gasteiger partial charge >= 0.3 is 5.97 Å². The van der Waals surface area contributed by atoms with Crippen LogP contribution in [0.5, 0.6) is 0 Å². The number of allylic oxidation sites excluding steroid dienone is 1. The van der Waals surface area contributed by atoms with Gasteiger partial charge < -0.3 is 5.11 Å². The fraction of sp³-hybridized carbons (Fsp3) is 0.200. The smallest absolute Gasteiger partial charge is 0.335 e. The zero-order chi connectivity index (χ0) is 20.6. The summed E-state index contributed by atoms with van der Waals surface area (Å²) < 4.78 is 0. The van der Waals surface area contributed by atoms with Gasteiger partial charge in [0.1, 0.15) is 5.01 Å². The molecule has 0 spiro atoms. The summed E-state index contributed by atoms with van der Waals surface area (Å²) in [5, 5.41) is 10.1. The molecule has 1 aliphatic carbocycles. The molecule has 0 unspecified atom stereocenters. The number of benzene rings is 2. The topological polar surface area (TPSA) is 50.2 Å². The third-order valence-corrected chi connectivity index (χ3v) is 6.14. The number of rotatable bonds is 2. The molecule has 2 aromatic carbocycles. The van der Waals surface area contributed by atoms with Gasteiger partial charge in [0.05, 0.1) is 5.56 Å². The molecular formula is C25H21NO2S. The quantitative estimate of drug-likeness (QED) is 0.566. The van der Waals surface area contributed by atoms with Crippen LogP contribution in [0.3, 0.4) is 0 Å². The minimum absolute atomic E-state index is 0.0732. The van der Waals surface area contributed by atoms with Crippen LogP contribution < -0.4 is 0 Å². The van der Waals surface area contributed by atoms with Gasteiger partial charge in [0.2, 0.25) is 0 Å². The van der Waals surface area contributed by atoms with E-state index in [1.165, 1.54) is 21.6 Å². The molecule has 144 valence electrons. The first-order chi connectivity index (χ1) is 13.8. The summed E-state index contributed by atoms with van der Waals surface area (Å²) >= 11 is 1.71. The summed E-state index contributed by atoms with van der Waals surface area (Å²) in [6.45, 7) is 6.61. The molecule has 0 radical (unpaired) electrons. The van der Waals surface area contributed by atoms with Gasteiger partial charge in [0.25, 0.3) is 0 Å². The number of carboxylic acids is 1. The summed E-state index contributed by atoms with van der Waals surface area (Å²) in [6, 6.07) is 13.0. The number of aromatic nitrogens is 1. The number of carboxylic acid groups (broad SMARTS) is 1. The molecule has 0 atom stereocenters. The highest BCUT2D eigenvalue weighted by Crippen LogP contribution is 2.42. The highest BCUT2D eigenvalue weighted by molar-refractivity contribution is 7.12. The highest BCUT2D eigenvalue weighted by atomic mass is 32.1. The van der Waals surface area contributed by atoms with Crippen LogP contribution in [0.15, 0.2) is 54.7 Å². The summed E-state index contributed by atoms with van der Waals surface area (Å²) in [4.78, 5) is 16.8. The molecule has 4 heteroatoms. The fourth-order valence-electron chi connectivity index (χ4n) is 3.53. The molecule has 0 bridgehead atoms. The Labute approximate surface area is 174 Å². The Morgan fingerprint density at radius 2 is 1.79 bits per heavy atom. The lowest BCUT2D eigenvalue weighted by molar-refractivity contribution is 0.0697. The molecule has 1 aliphatic rings. The van der Waals surface area contributed by atoms with Crippen LogP contribution in [0.4, 0.5) is 0 Å². The Hall–Kier alpha value is -3.16. The first-order valence-corrected chi connectivity index (χ1v) is 10.3. The van der Waals surface area contributed by atoms with Crippen molar-refractivity contribution in [3.63, 3.8) is 0 Å². The van der Waals surface area contributed by atoms with E-state index in [1.807, 2.05) is 6.20 Å². The molecule has 3 nitrogen and oxygen atoms in total. The maximum absolute atomic E-state index is 11.0. The van der Waals surface area contributed by atoms with Crippen molar-refractivity contribution in [2.45, 2.75) is 32.6 Å². The van der Waals surface area contributed by atoms with Crippen molar-refractivity contribution in [1.29, 1.82) is 0 Å². The van der Waals surface area contributed by atoms with Gasteiger partial charge in [-0.25, -0.2) is 9.78 Å². The molecule has 4 rings (SSSR count). The molecule has 29 heavy (non-hydrogen) atoms. The van der Waals surface area contributed by atoms with Crippen molar-refractivity contribution < 1.29 is 9.90 Å². The first kappa shape index (κ1) is 19.2. The van der Waals surface area contributed by atoms with Crippen LogP contribution >= 0.6 is 11.3 Å². The van der Waals surface area contributed by atoms with Crippen LogP contribution in [-0.4, -0.2) is 16.1 Å². The average molecular weight is 400 g/mol. The molecule has 0 fully saturated rings. The Bertz CT molecular complexity index is 1190. The van der Waals surface area contributed by atoms with Gasteiger partial charge in [-0.1, -0.05) is 37.8 Å². The summed E-state index contributed by atoms with van der Waals surface area (Å²) in [6.07, 6.45) is 5.20. The van der Waals surface area contributed by atoms with E-state index in [0.717, 1.165) is 22.6 Å². The van der Waals surface area contributed by atoms with E-state index in [0.29, 0.717) is 0 Å². The van der Waals surface area contributed by atoms with Crippen molar-refractivity contribution in [3.05, 3.63) is 92.4 Å². The van der Waals surface area contributed by atoms with Crippen LogP contribution in [0.25, 0.3) is 5.57 Å². The second-order valence-electron chi connectivity index (χ2n) is 7.87. The Morgan fingerprint density at radius 3 is 2.45 bits per heavy atom. The van der Waals surface area contributed by atoms with Crippen molar-refractivity contribution in [2.24, 2.45) is 0 Å². The molecular weight excluding hydrogens is 378 g/mol. The van der Waals surface area contributed by atoms with E-state index >= 15 is 0 Å². The number of aromatic carboxylic acids is 1. The van der Waals surface area contributed by atoms with Gasteiger partial charge in [0, 0.05) is 27.8 Å². The standard InChI is InChI=1S/C25H21NO2S/c1-16-15-26-23(29-16)20-12-13-25(2,3)22-11-8-18(14-21(20)22)5-4-17-6-9-19(10-7-17)24(27)28/h6-12,14-15H,13H2,1-3H3,(H,27,28). The first-order valence-electron chi connectivity index (χ1n) is 9.47. The summed E-state index contributed by atoms with van der Waals surface area (Å²) in [7, 11) is 0. The van der Waals surface area contributed by atoms with Crippen LogP contribution in [0.1, 0.15) is 62.8 Å². The van der Waals surface area contributed by atoms with Crippen molar-refractivity contribution in [1.82, 2.24) is 4.98 Å². The van der Waals surface area contributed by atoms with Crippen molar-refractivity contribution in [3.8, 4) is 11.8 Å². The second-order valence-corrected chi connectivity index (χ2v) is 9.11. The zero-order valence-electron chi connectivity index (χ0n) is 16.6. The number of hydrogen-bond acceptors (Lipinski definition) is 3. The minimum atomic E-state index is -0.932. The zero-order valence-corrected chi connectivity index (χ0v) is 17.4. The molecule has 1 aromatic heterocycles. The normalized spacial score (nSPS) is 14.4. The van der Waals surface area contributed by atoms with Crippen LogP contribution in [0.2, 0.25) is 0 Å². The Balaban J connectivity index is 1.72. The van der Waals surface area contributed by atoms with Gasteiger partial charge in [-0.05, 0) is 66.3 Å². The molecule has 0 amide bonds. The lowest BCUT2D eigenvalue weighted by atomic mass is 9.73. The predicted molar refractivity (Wildman–Crippen MR) is 117 cm³/mol. The van der Waals surface area contributed by atoms with Gasteiger partial charge in [0.15, 0.2) is 0 Å². The number of thiazole rings is 1. The second kappa shape index (κ2) is 7.35. The molecule has 0 aliphatic heterocycles. The van der Waals surface area contributed by atoms with E-state index in [1.54, 1.807) is 35.6 Å². The number of aryl methyl sites for hydroxylation is 1. The Morgan fingerprint density at radius 1 is 1.10 bits per heavy atom. The average Bonchev–Trinajstić information content (AvgIpc) is 3.12. The molecule has 0 saturated heterocycles. The fourth-order valence-corrected chi connectivity index (χ4v) is 4.35. The maximum atomic E-state index is 11.0. The van der Waals surface area contributed by atoms with Gasteiger partial charge in [-0.3, -0.25) is 0 Å². The van der Waals surface area contributed by atoms with Crippen LogP contribution in [-0.2, 0) is 5.41 Å². The van der Waals surface area contributed by atoms with E-state index < -0.39 is 5.97 Å². The van der Waals surface area contributed by atoms with E-state index in [4.69, 9.17) is 5.11 Å². The van der Waals surface area contributed by atoms with E-state index in [-0.39, 0.29) is 11.0 Å². The highest BCUT2D eigenvalue weighted by Gasteiger charge is 2.29.